The molecule has 2 aromatic heterocycles. The van der Waals surface area contributed by atoms with Crippen molar-refractivity contribution in [2.75, 3.05) is 0 Å². The summed E-state index contributed by atoms with van der Waals surface area (Å²) in [7, 11) is 0. The molecule has 2 atom stereocenters. The fourth-order valence-corrected chi connectivity index (χ4v) is 19.5. The maximum Gasteiger partial charge on any atom is 0.164 e. The van der Waals surface area contributed by atoms with Crippen molar-refractivity contribution in [2.24, 2.45) is 0 Å². The lowest BCUT2D eigenvalue weighted by molar-refractivity contribution is 0.588. The molecule has 2 heterocycles. The van der Waals surface area contributed by atoms with E-state index < -0.39 is 10.8 Å². The number of rotatable bonds is 9. The minimum absolute atomic E-state index is 0.0925. The highest BCUT2D eigenvalue weighted by Crippen LogP contribution is 2.65. The summed E-state index contributed by atoms with van der Waals surface area (Å²) in [6.07, 6.45) is 0. The average Bonchev–Trinajstić information content (AvgIpc) is 1.52. The smallest absolute Gasteiger partial charge is 0.164 e. The molecule has 0 radical (unpaired) electrons. The molecule has 0 N–H and O–H groups in total. The first kappa shape index (κ1) is 70.2. The van der Waals surface area contributed by atoms with E-state index in [0.29, 0.717) is 34.9 Å². The summed E-state index contributed by atoms with van der Waals surface area (Å²) in [6.45, 7) is 13.9. The normalized spacial score (nSPS) is 14.9. The molecule has 16 aromatic carbocycles. The molecule has 0 amide bonds. The van der Waals surface area contributed by atoms with Gasteiger partial charge in [0.2, 0.25) is 0 Å². The van der Waals surface area contributed by atoms with Crippen LogP contribution in [0.25, 0.3) is 168 Å². The van der Waals surface area contributed by atoms with Gasteiger partial charge in [0.1, 0.15) is 0 Å². The molecule has 0 fully saturated rings. The molecule has 6 nitrogen and oxygen atoms in total. The van der Waals surface area contributed by atoms with Gasteiger partial charge in [0.05, 0.1) is 10.8 Å². The van der Waals surface area contributed by atoms with Crippen LogP contribution < -0.4 is 0 Å². The van der Waals surface area contributed by atoms with E-state index in [1.165, 1.54) is 100 Å². The van der Waals surface area contributed by atoms with Crippen LogP contribution in [0.1, 0.15) is 97.2 Å². The SMILES string of the molecule is CC(C)(C)c1ccc2c(c1)-c1ccccc1C21c2ccccc2-c2ccc(-c3cccc(-c4cccc(-c5nc(-c6ccccc6)nc(-c6ccc7c(c6)C6(c8ccccc8-c8ccccc8-7)c7ccccc7-c7ccc(C(C)(C)C)cc76)n5)c4)c3)cc2-c2ccc(-c3nc(-c4ccccc4)nc(-c4cccc(-c5ccccc5)c4)n3)cc21. The van der Waals surface area contributed by atoms with Crippen molar-refractivity contribution in [3.05, 3.63) is 432 Å². The lowest BCUT2D eigenvalue weighted by Crippen LogP contribution is -2.30. The summed E-state index contributed by atoms with van der Waals surface area (Å²) in [4.78, 5) is 32.7. The molecule has 6 heteroatoms. The van der Waals surface area contributed by atoms with E-state index in [4.69, 9.17) is 29.9 Å². The Bertz CT molecular complexity index is 7150. The van der Waals surface area contributed by atoms with Crippen molar-refractivity contribution < 1.29 is 0 Å². The van der Waals surface area contributed by atoms with E-state index in [2.05, 4.69) is 393 Å². The predicted octanol–water partition coefficient (Wildman–Crippen LogP) is 27.7. The fraction of sp³-hybridized carbons (Fsp3) is 0.0893. The number of hydrogen-bond acceptors (Lipinski definition) is 6. The predicted molar refractivity (Wildman–Crippen MR) is 483 cm³/mol. The molecule has 0 aliphatic heterocycles. The van der Waals surface area contributed by atoms with Crippen molar-refractivity contribution in [1.29, 1.82) is 0 Å². The lowest BCUT2D eigenvalue weighted by Gasteiger charge is -2.36. The van der Waals surface area contributed by atoms with E-state index in [0.717, 1.165) is 89.0 Å². The zero-order chi connectivity index (χ0) is 79.2. The van der Waals surface area contributed by atoms with E-state index in [9.17, 15) is 0 Å². The number of fused-ring (bicyclic) bond motifs is 24. The van der Waals surface area contributed by atoms with Crippen molar-refractivity contribution in [2.45, 2.75) is 63.2 Å². The minimum Gasteiger partial charge on any atom is -0.208 e. The summed E-state index contributed by atoms with van der Waals surface area (Å²) in [6, 6.07) is 138. The highest BCUT2D eigenvalue weighted by atomic mass is 15.0. The van der Waals surface area contributed by atoms with E-state index in [1.54, 1.807) is 0 Å². The number of hydrogen-bond donors (Lipinski definition) is 0. The van der Waals surface area contributed by atoms with Crippen LogP contribution >= 0.6 is 0 Å². The number of aromatic nitrogens is 6. The first-order chi connectivity index (χ1) is 57.7. The highest BCUT2D eigenvalue weighted by molar-refractivity contribution is 6.01. The lowest BCUT2D eigenvalue weighted by atomic mass is 9.65. The third-order valence-electron chi connectivity index (χ3n) is 25.2. The van der Waals surface area contributed by atoms with Crippen LogP contribution in [0, 0.1) is 0 Å². The monoisotopic (exact) mass is 1510 g/mol. The average molecular weight is 1510 g/mol. The standard InChI is InChI=1S/C112H80N6/c1-109(2,3)81-55-60-99-94(67-81)89-46-21-25-50-98(89)111(99)95-47-22-19-44-87(95)85-56-51-76(64-93(85)92-58-53-80(66-101(92)111)108-116-103(70-31-12-8-13-32-70)113-105(117-108)77-39-27-35-72(62-77)69-29-10-7-11-30-69)74-37-26-36-73(61-74)75-38-28-40-78(63-75)106-114-104(71-33-14-9-15-34-71)115-107(118-106)79-52-57-90-84-42-17-16-41-83(84)86-43-18-23-48-96(86)112(100(90)65-79)97-49-24-20-45-88(97)91-59-54-82(68-102(91)112)110(4,5)6/h7-68H,1-6H3. The van der Waals surface area contributed by atoms with Gasteiger partial charge < -0.3 is 0 Å². The Kier molecular flexibility index (Phi) is 16.1. The third-order valence-corrected chi connectivity index (χ3v) is 25.2. The van der Waals surface area contributed by atoms with Gasteiger partial charge in [-0.05, 0) is 203 Å². The molecule has 118 heavy (non-hydrogen) atoms. The Morgan fingerprint density at radius 3 is 0.864 bits per heavy atom. The molecule has 22 rings (SSSR count). The second-order valence-corrected chi connectivity index (χ2v) is 34.0. The van der Waals surface area contributed by atoms with Crippen LogP contribution in [0.2, 0.25) is 0 Å². The molecular weight excluding hydrogens is 1430 g/mol. The van der Waals surface area contributed by atoms with Crippen molar-refractivity contribution in [3.8, 4) is 168 Å². The zero-order valence-corrected chi connectivity index (χ0v) is 66.5. The number of benzene rings is 16. The molecule has 0 saturated carbocycles. The quantitative estimate of drug-likeness (QED) is 0.143. The summed E-state index contributed by atoms with van der Waals surface area (Å²) in [5, 5.41) is 0. The van der Waals surface area contributed by atoms with Gasteiger partial charge in [-0.25, -0.2) is 29.9 Å². The Balaban J connectivity index is 0.695. The molecule has 4 aliphatic rings. The zero-order valence-electron chi connectivity index (χ0n) is 66.5. The summed E-state index contributed by atoms with van der Waals surface area (Å²) in [5.41, 5.74) is 37.0. The Morgan fingerprint density at radius 1 is 0.153 bits per heavy atom. The minimum atomic E-state index is -0.785. The van der Waals surface area contributed by atoms with Gasteiger partial charge in [-0.1, -0.05) is 381 Å². The maximum absolute atomic E-state index is 5.59. The largest absolute Gasteiger partial charge is 0.208 e. The van der Waals surface area contributed by atoms with E-state index in [-0.39, 0.29) is 10.8 Å². The van der Waals surface area contributed by atoms with Gasteiger partial charge in [-0.3, -0.25) is 0 Å². The second-order valence-electron chi connectivity index (χ2n) is 34.0. The van der Waals surface area contributed by atoms with Gasteiger partial charge in [0.25, 0.3) is 0 Å². The van der Waals surface area contributed by atoms with Gasteiger partial charge in [-0.15, -0.1) is 0 Å². The second kappa shape index (κ2) is 27.1. The molecule has 0 saturated heterocycles. The third kappa shape index (κ3) is 11.1. The summed E-state index contributed by atoms with van der Waals surface area (Å²) in [5.74, 6) is 3.58. The molecule has 18 aromatic rings. The molecular formula is C112H80N6. The highest BCUT2D eigenvalue weighted by Gasteiger charge is 2.52. The molecule has 2 spiro atoms. The maximum atomic E-state index is 5.59. The number of nitrogens with zero attached hydrogens (tertiary/aromatic N) is 6. The van der Waals surface area contributed by atoms with E-state index >= 15 is 0 Å². The molecule has 2 unspecified atom stereocenters. The van der Waals surface area contributed by atoms with Crippen LogP contribution in [-0.2, 0) is 21.7 Å². The Hall–Kier alpha value is -14.5. The van der Waals surface area contributed by atoms with Crippen LogP contribution in [0.4, 0.5) is 0 Å². The summed E-state index contributed by atoms with van der Waals surface area (Å²) < 4.78 is 0. The van der Waals surface area contributed by atoms with Gasteiger partial charge >= 0.3 is 0 Å². The van der Waals surface area contributed by atoms with Gasteiger partial charge in [0, 0.05) is 33.4 Å². The van der Waals surface area contributed by atoms with Crippen LogP contribution in [-0.4, -0.2) is 29.9 Å². The fourth-order valence-electron chi connectivity index (χ4n) is 19.5. The van der Waals surface area contributed by atoms with Gasteiger partial charge in [-0.2, -0.15) is 0 Å². The van der Waals surface area contributed by atoms with Crippen molar-refractivity contribution >= 4 is 0 Å². The molecule has 0 bridgehead atoms. The van der Waals surface area contributed by atoms with Crippen LogP contribution in [0.3, 0.4) is 0 Å². The van der Waals surface area contributed by atoms with E-state index in [1.807, 2.05) is 24.3 Å². The first-order valence-corrected chi connectivity index (χ1v) is 41.0. The van der Waals surface area contributed by atoms with Crippen molar-refractivity contribution in [3.63, 3.8) is 0 Å². The molecule has 4 aliphatic carbocycles. The molecule has 558 valence electrons. The van der Waals surface area contributed by atoms with Crippen LogP contribution in [0.15, 0.2) is 376 Å². The topological polar surface area (TPSA) is 77.3 Å². The first-order valence-electron chi connectivity index (χ1n) is 41.0. The summed E-state index contributed by atoms with van der Waals surface area (Å²) >= 11 is 0. The van der Waals surface area contributed by atoms with Gasteiger partial charge in [0.15, 0.2) is 34.9 Å². The Morgan fingerprint density at radius 2 is 0.407 bits per heavy atom. The Labute approximate surface area is 688 Å². The van der Waals surface area contributed by atoms with Crippen molar-refractivity contribution in [1.82, 2.24) is 29.9 Å². The van der Waals surface area contributed by atoms with Crippen LogP contribution in [0.5, 0.6) is 0 Å².